The van der Waals surface area contributed by atoms with E-state index in [0.29, 0.717) is 11.4 Å². The molecule has 0 aliphatic heterocycles. The molecule has 3 rings (SSSR count). The summed E-state index contributed by atoms with van der Waals surface area (Å²) in [5, 5.41) is 5.52. The first-order valence-corrected chi connectivity index (χ1v) is 8.04. The van der Waals surface area contributed by atoms with E-state index in [9.17, 15) is 13.6 Å². The van der Waals surface area contributed by atoms with Crippen molar-refractivity contribution >= 4 is 6.03 Å². The van der Waals surface area contributed by atoms with Gasteiger partial charge in [-0.2, -0.15) is 0 Å². The van der Waals surface area contributed by atoms with Gasteiger partial charge < -0.3 is 15.2 Å². The number of amides is 2. The van der Waals surface area contributed by atoms with Crippen LogP contribution in [-0.4, -0.2) is 15.6 Å². The van der Waals surface area contributed by atoms with Crippen LogP contribution in [0.1, 0.15) is 23.0 Å². The van der Waals surface area contributed by atoms with Gasteiger partial charge in [0.05, 0.1) is 0 Å². The van der Waals surface area contributed by atoms with Gasteiger partial charge in [-0.05, 0) is 35.4 Å². The lowest BCUT2D eigenvalue weighted by Gasteiger charge is -2.19. The quantitative estimate of drug-likeness (QED) is 0.737. The van der Waals surface area contributed by atoms with Gasteiger partial charge in [-0.3, -0.25) is 0 Å². The zero-order chi connectivity index (χ0) is 18.5. The van der Waals surface area contributed by atoms with Crippen LogP contribution in [0.4, 0.5) is 13.6 Å². The molecule has 2 N–H and O–H groups in total. The van der Waals surface area contributed by atoms with Crippen LogP contribution >= 0.6 is 0 Å². The van der Waals surface area contributed by atoms with Crippen LogP contribution in [0, 0.1) is 11.6 Å². The van der Waals surface area contributed by atoms with Crippen molar-refractivity contribution < 1.29 is 13.6 Å². The lowest BCUT2D eigenvalue weighted by Crippen LogP contribution is -2.39. The fraction of sp³-hybridized carbons (Fsp3) is 0.158. The van der Waals surface area contributed by atoms with Crippen LogP contribution in [-0.2, 0) is 13.6 Å². The third-order valence-corrected chi connectivity index (χ3v) is 3.94. The third-order valence-electron chi connectivity index (χ3n) is 3.94. The number of urea groups is 1. The number of benzene rings is 2. The summed E-state index contributed by atoms with van der Waals surface area (Å²) in [5.41, 5.74) is 1.34. The molecule has 0 aliphatic rings. The van der Waals surface area contributed by atoms with Crippen LogP contribution in [0.15, 0.2) is 60.9 Å². The van der Waals surface area contributed by atoms with Gasteiger partial charge >= 0.3 is 6.03 Å². The molecule has 1 aromatic heterocycles. The van der Waals surface area contributed by atoms with Gasteiger partial charge in [-0.1, -0.05) is 24.3 Å². The number of halogens is 2. The monoisotopic (exact) mass is 356 g/mol. The van der Waals surface area contributed by atoms with Crippen molar-refractivity contribution in [2.24, 2.45) is 7.05 Å². The molecule has 5 nitrogen and oxygen atoms in total. The second-order valence-corrected chi connectivity index (χ2v) is 5.84. The number of nitrogens with zero attached hydrogens (tertiary/aromatic N) is 2. The van der Waals surface area contributed by atoms with Crippen molar-refractivity contribution in [3.63, 3.8) is 0 Å². The van der Waals surface area contributed by atoms with Gasteiger partial charge in [-0.15, -0.1) is 0 Å². The minimum Gasteiger partial charge on any atom is -0.336 e. The number of aryl methyl sites for hydroxylation is 1. The van der Waals surface area contributed by atoms with Crippen LogP contribution < -0.4 is 10.6 Å². The Morgan fingerprint density at radius 2 is 1.92 bits per heavy atom. The topological polar surface area (TPSA) is 59.0 Å². The van der Waals surface area contributed by atoms with Crippen molar-refractivity contribution in [1.29, 1.82) is 0 Å². The molecular weight excluding hydrogens is 338 g/mol. The highest BCUT2D eigenvalue weighted by Crippen LogP contribution is 2.21. The Balaban J connectivity index is 1.74. The highest BCUT2D eigenvalue weighted by Gasteiger charge is 2.21. The molecular formula is C19H18F2N4O. The molecule has 1 atom stereocenters. The number of imidazole rings is 1. The van der Waals surface area contributed by atoms with E-state index in [1.807, 2.05) is 0 Å². The van der Waals surface area contributed by atoms with E-state index >= 15 is 0 Å². The van der Waals surface area contributed by atoms with Gasteiger partial charge in [0.15, 0.2) is 0 Å². The number of aromatic nitrogens is 2. The summed E-state index contributed by atoms with van der Waals surface area (Å²) in [6.07, 6.45) is 3.36. The van der Waals surface area contributed by atoms with Gasteiger partial charge in [0.2, 0.25) is 0 Å². The predicted molar refractivity (Wildman–Crippen MR) is 93.2 cm³/mol. The first kappa shape index (κ1) is 17.6. The smallest absolute Gasteiger partial charge is 0.315 e. The van der Waals surface area contributed by atoms with Gasteiger partial charge in [-0.25, -0.2) is 18.6 Å². The Bertz CT molecular complexity index is 893. The van der Waals surface area contributed by atoms with Crippen LogP contribution in [0.3, 0.4) is 0 Å². The summed E-state index contributed by atoms with van der Waals surface area (Å²) >= 11 is 0. The fourth-order valence-corrected chi connectivity index (χ4v) is 2.61. The second kappa shape index (κ2) is 7.77. The number of hydrogen-bond acceptors (Lipinski definition) is 2. The summed E-state index contributed by atoms with van der Waals surface area (Å²) < 4.78 is 28.3. The number of nitrogens with one attached hydrogen (secondary N) is 2. The highest BCUT2D eigenvalue weighted by atomic mass is 19.1. The lowest BCUT2D eigenvalue weighted by molar-refractivity contribution is 0.237. The number of carbonyl (C=O) groups is 1. The molecule has 0 fully saturated rings. The van der Waals surface area contributed by atoms with E-state index in [2.05, 4.69) is 15.6 Å². The second-order valence-electron chi connectivity index (χ2n) is 5.84. The summed E-state index contributed by atoms with van der Waals surface area (Å²) in [5.74, 6) is -0.151. The summed E-state index contributed by atoms with van der Waals surface area (Å²) in [4.78, 5) is 16.6. The maximum absolute atomic E-state index is 13.6. The number of hydrogen-bond donors (Lipinski definition) is 2. The Labute approximate surface area is 149 Å². The van der Waals surface area contributed by atoms with Gasteiger partial charge in [0.1, 0.15) is 23.5 Å². The average Bonchev–Trinajstić information content (AvgIpc) is 3.05. The van der Waals surface area contributed by atoms with E-state index in [1.165, 1.54) is 24.3 Å². The van der Waals surface area contributed by atoms with E-state index in [0.717, 1.165) is 5.56 Å². The van der Waals surface area contributed by atoms with Crippen molar-refractivity contribution in [3.8, 4) is 0 Å². The van der Waals surface area contributed by atoms with Crippen LogP contribution in [0.2, 0.25) is 0 Å². The Morgan fingerprint density at radius 3 is 2.58 bits per heavy atom. The number of carbonyl (C=O) groups excluding carboxylic acids is 1. The highest BCUT2D eigenvalue weighted by molar-refractivity contribution is 5.74. The molecule has 0 aliphatic carbocycles. The molecule has 0 spiro atoms. The molecule has 3 aromatic rings. The van der Waals surface area contributed by atoms with E-state index in [1.54, 1.807) is 48.3 Å². The zero-order valence-corrected chi connectivity index (χ0v) is 14.1. The molecule has 7 heteroatoms. The van der Waals surface area contributed by atoms with E-state index in [4.69, 9.17) is 0 Å². The van der Waals surface area contributed by atoms with E-state index < -0.39 is 17.9 Å². The van der Waals surface area contributed by atoms with Crippen molar-refractivity contribution in [3.05, 3.63) is 89.5 Å². The molecule has 26 heavy (non-hydrogen) atoms. The Hall–Kier alpha value is -3.22. The normalized spacial score (nSPS) is 11.8. The molecule has 2 amide bonds. The first-order valence-electron chi connectivity index (χ1n) is 8.04. The first-order chi connectivity index (χ1) is 12.5. The Kier molecular flexibility index (Phi) is 5.26. The zero-order valence-electron chi connectivity index (χ0n) is 14.1. The molecule has 0 saturated heterocycles. The molecule has 134 valence electrons. The Morgan fingerprint density at radius 1 is 1.15 bits per heavy atom. The van der Waals surface area contributed by atoms with E-state index in [-0.39, 0.29) is 12.4 Å². The summed E-state index contributed by atoms with van der Waals surface area (Å²) in [6, 6.07) is 10.8. The third kappa shape index (κ3) is 4.24. The predicted octanol–water partition coefficient (Wildman–Crippen LogP) is 3.29. The minimum atomic E-state index is -0.612. The van der Waals surface area contributed by atoms with Crippen LogP contribution in [0.25, 0.3) is 0 Å². The maximum atomic E-state index is 13.6. The molecule has 0 saturated carbocycles. The van der Waals surface area contributed by atoms with Crippen LogP contribution in [0.5, 0.6) is 0 Å². The van der Waals surface area contributed by atoms with Crippen molar-refractivity contribution in [1.82, 2.24) is 20.2 Å². The maximum Gasteiger partial charge on any atom is 0.315 e. The number of rotatable bonds is 5. The van der Waals surface area contributed by atoms with Crippen molar-refractivity contribution in [2.75, 3.05) is 0 Å². The summed E-state index contributed by atoms with van der Waals surface area (Å²) in [6.45, 7) is 0.239. The SMILES string of the molecule is Cn1ccnc1C(NC(=O)NCc1ccc(F)cc1)c1cccc(F)c1. The van der Waals surface area contributed by atoms with Gasteiger partial charge in [0, 0.05) is 26.0 Å². The lowest BCUT2D eigenvalue weighted by atomic mass is 10.1. The molecule has 1 unspecified atom stereocenters. The standard InChI is InChI=1S/C19H18F2N4O/c1-25-10-9-22-18(25)17(14-3-2-4-16(21)11-14)24-19(26)23-12-13-5-7-15(20)8-6-13/h2-11,17H,12H2,1H3,(H2,23,24,26). The minimum absolute atomic E-state index is 0.239. The van der Waals surface area contributed by atoms with Crippen molar-refractivity contribution in [2.45, 2.75) is 12.6 Å². The average molecular weight is 356 g/mol. The largest absolute Gasteiger partial charge is 0.336 e. The molecule has 1 heterocycles. The molecule has 0 radical (unpaired) electrons. The molecule has 2 aromatic carbocycles. The summed E-state index contributed by atoms with van der Waals surface area (Å²) in [7, 11) is 1.80. The van der Waals surface area contributed by atoms with Gasteiger partial charge in [0.25, 0.3) is 0 Å². The molecule has 0 bridgehead atoms. The fourth-order valence-electron chi connectivity index (χ4n) is 2.61.